The number of aryl methyl sites for hydroxylation is 1. The third kappa shape index (κ3) is 2.68. The molecule has 0 atom stereocenters. The van der Waals surface area contributed by atoms with Crippen LogP contribution in [-0.2, 0) is 6.61 Å². The molecule has 6 heteroatoms. The van der Waals surface area contributed by atoms with E-state index >= 15 is 0 Å². The van der Waals surface area contributed by atoms with E-state index in [-0.39, 0.29) is 6.61 Å². The maximum atomic E-state index is 14.2. The second-order valence-electron chi connectivity index (χ2n) is 5.11. The zero-order valence-electron chi connectivity index (χ0n) is 12.8. The fourth-order valence-corrected chi connectivity index (χ4v) is 2.48. The highest BCUT2D eigenvalue weighted by molar-refractivity contribution is 5.66. The molecule has 0 aliphatic heterocycles. The van der Waals surface area contributed by atoms with Crippen LogP contribution in [0.1, 0.15) is 11.3 Å². The third-order valence-electron chi connectivity index (χ3n) is 3.58. The van der Waals surface area contributed by atoms with Crippen LogP contribution in [0.2, 0.25) is 0 Å². The van der Waals surface area contributed by atoms with E-state index in [1.54, 1.807) is 25.3 Å². The van der Waals surface area contributed by atoms with E-state index < -0.39 is 5.82 Å². The summed E-state index contributed by atoms with van der Waals surface area (Å²) in [6, 6.07) is 11.9. The molecule has 0 saturated heterocycles. The maximum Gasteiger partial charge on any atom is 0.144 e. The fourth-order valence-electron chi connectivity index (χ4n) is 2.48. The van der Waals surface area contributed by atoms with E-state index in [1.165, 1.54) is 10.7 Å². The molecular weight excluding hydrogens is 297 g/mol. The van der Waals surface area contributed by atoms with Gasteiger partial charge in [-0.1, -0.05) is 23.4 Å². The number of benzene rings is 2. The standard InChI is InChI=1S/C17H16FN3O2/c1-11-7-8-16(23-2)15(9-11)21-17(14(10-22)19-20-21)12-5-3-4-6-13(12)18/h3-9,22H,10H2,1-2H3. The lowest BCUT2D eigenvalue weighted by molar-refractivity contribution is 0.277. The minimum absolute atomic E-state index is 0.304. The number of aliphatic hydroxyl groups excluding tert-OH is 1. The van der Waals surface area contributed by atoms with Gasteiger partial charge in [0.1, 0.15) is 28.6 Å². The molecule has 1 N–H and O–H groups in total. The molecule has 0 bridgehead atoms. The Morgan fingerprint density at radius 2 is 2.00 bits per heavy atom. The van der Waals surface area contributed by atoms with Crippen molar-refractivity contribution in [3.8, 4) is 22.7 Å². The molecule has 2 aromatic carbocycles. The summed E-state index contributed by atoms with van der Waals surface area (Å²) in [5.41, 5.74) is 2.68. The van der Waals surface area contributed by atoms with Gasteiger partial charge in [0.15, 0.2) is 0 Å². The fraction of sp³-hybridized carbons (Fsp3) is 0.176. The SMILES string of the molecule is COc1ccc(C)cc1-n1nnc(CO)c1-c1ccccc1F. The smallest absolute Gasteiger partial charge is 0.144 e. The molecule has 0 aliphatic rings. The molecule has 5 nitrogen and oxygen atoms in total. The van der Waals surface area contributed by atoms with E-state index in [4.69, 9.17) is 4.74 Å². The summed E-state index contributed by atoms with van der Waals surface area (Å²) in [7, 11) is 1.56. The van der Waals surface area contributed by atoms with Crippen LogP contribution in [0.15, 0.2) is 42.5 Å². The van der Waals surface area contributed by atoms with Crippen molar-refractivity contribution in [3.63, 3.8) is 0 Å². The third-order valence-corrected chi connectivity index (χ3v) is 3.58. The number of halogens is 1. The molecule has 1 heterocycles. The van der Waals surface area contributed by atoms with Gasteiger partial charge in [0.25, 0.3) is 0 Å². The Labute approximate surface area is 133 Å². The Morgan fingerprint density at radius 3 is 2.70 bits per heavy atom. The molecule has 23 heavy (non-hydrogen) atoms. The van der Waals surface area contributed by atoms with Crippen molar-refractivity contribution in [2.45, 2.75) is 13.5 Å². The second kappa shape index (κ2) is 6.18. The Bertz CT molecular complexity index is 846. The Morgan fingerprint density at radius 1 is 1.22 bits per heavy atom. The van der Waals surface area contributed by atoms with Gasteiger partial charge in [-0.15, -0.1) is 5.10 Å². The van der Waals surface area contributed by atoms with Crippen molar-refractivity contribution in [1.29, 1.82) is 0 Å². The largest absolute Gasteiger partial charge is 0.494 e. The summed E-state index contributed by atoms with van der Waals surface area (Å²) >= 11 is 0. The van der Waals surface area contributed by atoms with Crippen molar-refractivity contribution in [3.05, 3.63) is 59.5 Å². The van der Waals surface area contributed by atoms with Crippen molar-refractivity contribution >= 4 is 0 Å². The Hall–Kier alpha value is -2.73. The van der Waals surface area contributed by atoms with Crippen molar-refractivity contribution in [1.82, 2.24) is 15.0 Å². The minimum Gasteiger partial charge on any atom is -0.494 e. The van der Waals surface area contributed by atoms with Crippen LogP contribution in [0, 0.1) is 12.7 Å². The lowest BCUT2D eigenvalue weighted by Crippen LogP contribution is -2.04. The van der Waals surface area contributed by atoms with Crippen LogP contribution in [-0.4, -0.2) is 27.2 Å². The van der Waals surface area contributed by atoms with Gasteiger partial charge in [0.2, 0.25) is 0 Å². The normalized spacial score (nSPS) is 10.8. The molecule has 118 valence electrons. The zero-order valence-corrected chi connectivity index (χ0v) is 12.8. The number of aromatic nitrogens is 3. The van der Waals surface area contributed by atoms with Gasteiger partial charge in [-0.05, 0) is 36.8 Å². The second-order valence-corrected chi connectivity index (χ2v) is 5.11. The number of hydrogen-bond donors (Lipinski definition) is 1. The van der Waals surface area contributed by atoms with Crippen LogP contribution >= 0.6 is 0 Å². The lowest BCUT2D eigenvalue weighted by Gasteiger charge is -2.13. The molecule has 3 rings (SSSR count). The van der Waals surface area contributed by atoms with E-state index in [2.05, 4.69) is 10.3 Å². The summed E-state index contributed by atoms with van der Waals surface area (Å²) in [5, 5.41) is 17.6. The molecule has 0 spiro atoms. The Kier molecular flexibility index (Phi) is 4.08. The maximum absolute atomic E-state index is 14.2. The average Bonchev–Trinajstić information content (AvgIpc) is 2.99. The van der Waals surface area contributed by atoms with E-state index in [0.717, 1.165) is 5.56 Å². The zero-order chi connectivity index (χ0) is 16.4. The minimum atomic E-state index is -0.405. The monoisotopic (exact) mass is 313 g/mol. The van der Waals surface area contributed by atoms with Gasteiger partial charge in [0, 0.05) is 5.56 Å². The highest BCUT2D eigenvalue weighted by atomic mass is 19.1. The first-order valence-electron chi connectivity index (χ1n) is 7.11. The highest BCUT2D eigenvalue weighted by Crippen LogP contribution is 2.31. The molecule has 0 unspecified atom stereocenters. The average molecular weight is 313 g/mol. The number of hydrogen-bond acceptors (Lipinski definition) is 4. The number of ether oxygens (including phenoxy) is 1. The van der Waals surface area contributed by atoms with Crippen molar-refractivity contribution in [2.75, 3.05) is 7.11 Å². The first kappa shape index (κ1) is 15.2. The van der Waals surface area contributed by atoms with E-state index in [0.29, 0.717) is 28.4 Å². The van der Waals surface area contributed by atoms with Gasteiger partial charge in [0.05, 0.1) is 13.7 Å². The van der Waals surface area contributed by atoms with Crippen LogP contribution in [0.25, 0.3) is 16.9 Å². The first-order valence-corrected chi connectivity index (χ1v) is 7.11. The number of methoxy groups -OCH3 is 1. The van der Waals surface area contributed by atoms with Crippen LogP contribution in [0.5, 0.6) is 5.75 Å². The molecule has 0 saturated carbocycles. The summed E-state index contributed by atoms with van der Waals surface area (Å²) < 4.78 is 21.1. The quantitative estimate of drug-likeness (QED) is 0.804. The van der Waals surface area contributed by atoms with Crippen molar-refractivity contribution < 1.29 is 14.2 Å². The summed E-state index contributed by atoms with van der Waals surface area (Å²) in [6.07, 6.45) is 0. The van der Waals surface area contributed by atoms with Crippen LogP contribution in [0.4, 0.5) is 4.39 Å². The summed E-state index contributed by atoms with van der Waals surface area (Å²) in [4.78, 5) is 0. The number of nitrogens with zero attached hydrogens (tertiary/aromatic N) is 3. The van der Waals surface area contributed by atoms with Gasteiger partial charge in [-0.2, -0.15) is 0 Å². The van der Waals surface area contributed by atoms with Crippen LogP contribution < -0.4 is 4.74 Å². The molecule has 0 radical (unpaired) electrons. The molecule has 0 fully saturated rings. The predicted molar refractivity (Wildman–Crippen MR) is 84.0 cm³/mol. The lowest BCUT2D eigenvalue weighted by atomic mass is 10.1. The van der Waals surface area contributed by atoms with Crippen LogP contribution in [0.3, 0.4) is 0 Å². The molecule has 0 amide bonds. The molecule has 3 aromatic rings. The summed E-state index contributed by atoms with van der Waals surface area (Å²) in [5.74, 6) is 0.181. The van der Waals surface area contributed by atoms with E-state index in [9.17, 15) is 9.50 Å². The van der Waals surface area contributed by atoms with Gasteiger partial charge >= 0.3 is 0 Å². The summed E-state index contributed by atoms with van der Waals surface area (Å²) in [6.45, 7) is 1.60. The molecular formula is C17H16FN3O2. The van der Waals surface area contributed by atoms with Gasteiger partial charge in [-0.25, -0.2) is 9.07 Å². The molecule has 1 aromatic heterocycles. The Balaban J connectivity index is 2.29. The van der Waals surface area contributed by atoms with Gasteiger partial charge in [-0.3, -0.25) is 0 Å². The van der Waals surface area contributed by atoms with Gasteiger partial charge < -0.3 is 9.84 Å². The predicted octanol–water partition coefficient (Wildman–Crippen LogP) is 2.88. The topological polar surface area (TPSA) is 60.2 Å². The molecule has 0 aliphatic carbocycles. The number of rotatable bonds is 4. The van der Waals surface area contributed by atoms with Crippen molar-refractivity contribution in [2.24, 2.45) is 0 Å². The van der Waals surface area contributed by atoms with E-state index in [1.807, 2.05) is 25.1 Å². The number of aliphatic hydroxyl groups is 1. The first-order chi connectivity index (χ1) is 11.2. The highest BCUT2D eigenvalue weighted by Gasteiger charge is 2.20.